The van der Waals surface area contributed by atoms with Crippen molar-refractivity contribution in [3.8, 4) is 0 Å². The fraction of sp³-hybridized carbons (Fsp3) is 0.692. The SMILES string of the molecule is Cc1[nH]nc(C(=O)N2CCO[C@@H]3CCCC[C@@H]32)c1[N+](=O)[O-]. The lowest BCUT2D eigenvalue weighted by atomic mass is 9.90. The number of nitrogens with one attached hydrogen (secondary N) is 1. The number of rotatable bonds is 2. The highest BCUT2D eigenvalue weighted by molar-refractivity contribution is 5.96. The van der Waals surface area contributed by atoms with E-state index in [1.807, 2.05) is 0 Å². The largest absolute Gasteiger partial charge is 0.374 e. The highest BCUT2D eigenvalue weighted by Crippen LogP contribution is 2.31. The van der Waals surface area contributed by atoms with E-state index >= 15 is 0 Å². The zero-order valence-electron chi connectivity index (χ0n) is 11.9. The van der Waals surface area contributed by atoms with Crippen LogP contribution in [-0.2, 0) is 4.74 Å². The fourth-order valence-corrected chi connectivity index (χ4v) is 3.28. The number of fused-ring (bicyclic) bond motifs is 1. The summed E-state index contributed by atoms with van der Waals surface area (Å²) in [5.41, 5.74) is -0.0145. The lowest BCUT2D eigenvalue weighted by Crippen LogP contribution is -2.55. The minimum atomic E-state index is -0.551. The van der Waals surface area contributed by atoms with Crippen LogP contribution in [0.1, 0.15) is 41.9 Å². The molecule has 0 aromatic carbocycles. The van der Waals surface area contributed by atoms with Crippen molar-refractivity contribution in [2.45, 2.75) is 44.8 Å². The van der Waals surface area contributed by atoms with E-state index in [0.717, 1.165) is 25.7 Å². The number of aromatic nitrogens is 2. The van der Waals surface area contributed by atoms with Crippen LogP contribution in [-0.4, -0.2) is 51.2 Å². The molecular weight excluding hydrogens is 276 g/mol. The van der Waals surface area contributed by atoms with Crippen LogP contribution in [0.3, 0.4) is 0 Å². The minimum Gasteiger partial charge on any atom is -0.374 e. The van der Waals surface area contributed by atoms with Crippen LogP contribution in [0.2, 0.25) is 0 Å². The van der Waals surface area contributed by atoms with Gasteiger partial charge in [0.2, 0.25) is 5.69 Å². The van der Waals surface area contributed by atoms with Gasteiger partial charge in [0.05, 0.1) is 23.7 Å². The number of nitro groups is 1. The highest BCUT2D eigenvalue weighted by atomic mass is 16.6. The van der Waals surface area contributed by atoms with Crippen LogP contribution in [0.5, 0.6) is 0 Å². The molecule has 8 heteroatoms. The molecule has 2 heterocycles. The Morgan fingerprint density at radius 3 is 3.00 bits per heavy atom. The molecule has 1 aliphatic carbocycles. The summed E-state index contributed by atoms with van der Waals surface area (Å²) in [6.07, 6.45) is 4.03. The number of carbonyl (C=O) groups is 1. The second-order valence-electron chi connectivity index (χ2n) is 5.56. The molecule has 0 bridgehead atoms. The molecule has 1 N–H and O–H groups in total. The number of nitrogens with zero attached hydrogens (tertiary/aromatic N) is 3. The van der Waals surface area contributed by atoms with Gasteiger partial charge in [0.15, 0.2) is 0 Å². The molecule has 1 aromatic rings. The summed E-state index contributed by atoms with van der Waals surface area (Å²) < 4.78 is 5.73. The number of morpholine rings is 1. The molecule has 1 saturated carbocycles. The quantitative estimate of drug-likeness (QED) is 0.656. The van der Waals surface area contributed by atoms with Crippen LogP contribution in [0.4, 0.5) is 5.69 Å². The van der Waals surface area contributed by atoms with Crippen molar-refractivity contribution in [1.82, 2.24) is 15.1 Å². The Balaban J connectivity index is 1.89. The summed E-state index contributed by atoms with van der Waals surface area (Å²) in [5.74, 6) is -0.369. The number of hydrogen-bond acceptors (Lipinski definition) is 5. The molecule has 1 aliphatic heterocycles. The Labute approximate surface area is 121 Å². The van der Waals surface area contributed by atoms with Crippen molar-refractivity contribution < 1.29 is 14.5 Å². The fourth-order valence-electron chi connectivity index (χ4n) is 3.28. The van der Waals surface area contributed by atoms with Crippen molar-refractivity contribution in [2.24, 2.45) is 0 Å². The van der Waals surface area contributed by atoms with Gasteiger partial charge in [-0.1, -0.05) is 12.8 Å². The number of hydrogen-bond donors (Lipinski definition) is 1. The molecule has 0 radical (unpaired) electrons. The van der Waals surface area contributed by atoms with Crippen molar-refractivity contribution in [3.05, 3.63) is 21.5 Å². The van der Waals surface area contributed by atoms with Crippen LogP contribution >= 0.6 is 0 Å². The van der Waals surface area contributed by atoms with Crippen molar-refractivity contribution in [1.29, 1.82) is 0 Å². The Morgan fingerprint density at radius 2 is 2.24 bits per heavy atom. The molecular formula is C13H18N4O4. The van der Waals surface area contributed by atoms with Gasteiger partial charge >= 0.3 is 5.69 Å². The lowest BCUT2D eigenvalue weighted by Gasteiger charge is -2.43. The maximum Gasteiger partial charge on any atom is 0.322 e. The summed E-state index contributed by atoms with van der Waals surface area (Å²) in [5, 5.41) is 17.5. The minimum absolute atomic E-state index is 0.0108. The number of carbonyl (C=O) groups excluding carboxylic acids is 1. The first-order valence-electron chi connectivity index (χ1n) is 7.21. The molecule has 8 nitrogen and oxygen atoms in total. The van der Waals surface area contributed by atoms with Gasteiger partial charge in [-0.05, 0) is 19.8 Å². The molecule has 2 atom stereocenters. The molecule has 0 spiro atoms. The molecule has 114 valence electrons. The molecule has 0 unspecified atom stereocenters. The van der Waals surface area contributed by atoms with Gasteiger partial charge in [0, 0.05) is 6.54 Å². The van der Waals surface area contributed by atoms with E-state index in [4.69, 9.17) is 4.74 Å². The smallest absolute Gasteiger partial charge is 0.322 e. The Bertz CT molecular complexity index is 569. The van der Waals surface area contributed by atoms with Gasteiger partial charge in [0.1, 0.15) is 5.69 Å². The molecule has 1 aromatic heterocycles. The summed E-state index contributed by atoms with van der Waals surface area (Å²) >= 11 is 0. The van der Waals surface area contributed by atoms with E-state index in [9.17, 15) is 14.9 Å². The summed E-state index contributed by atoms with van der Waals surface area (Å²) in [6, 6.07) is 0.0108. The van der Waals surface area contributed by atoms with Gasteiger partial charge in [0.25, 0.3) is 5.91 Å². The maximum absolute atomic E-state index is 12.7. The van der Waals surface area contributed by atoms with E-state index in [1.54, 1.807) is 11.8 Å². The number of aryl methyl sites for hydroxylation is 1. The predicted octanol–water partition coefficient (Wildman–Crippen LogP) is 1.41. The highest BCUT2D eigenvalue weighted by Gasteiger charge is 2.40. The van der Waals surface area contributed by atoms with E-state index in [2.05, 4.69) is 10.2 Å². The standard InChI is InChI=1S/C13H18N4O4/c1-8-12(17(19)20)11(15-14-8)13(18)16-6-7-21-10-5-3-2-4-9(10)16/h9-10H,2-7H2,1H3,(H,14,15)/t9-,10+/m0/s1. The van der Waals surface area contributed by atoms with E-state index < -0.39 is 4.92 Å². The van der Waals surface area contributed by atoms with Crippen molar-refractivity contribution in [2.75, 3.05) is 13.2 Å². The Morgan fingerprint density at radius 1 is 1.48 bits per heavy atom. The number of amides is 1. The molecule has 2 fully saturated rings. The number of aromatic amines is 1. The van der Waals surface area contributed by atoms with Gasteiger partial charge < -0.3 is 9.64 Å². The number of H-pyrrole nitrogens is 1. The second-order valence-corrected chi connectivity index (χ2v) is 5.56. The van der Waals surface area contributed by atoms with Gasteiger partial charge in [-0.2, -0.15) is 5.10 Å². The molecule has 3 rings (SSSR count). The normalized spacial score (nSPS) is 25.5. The summed E-state index contributed by atoms with van der Waals surface area (Å²) in [6.45, 7) is 2.48. The third-order valence-corrected chi connectivity index (χ3v) is 4.29. The third-order valence-electron chi connectivity index (χ3n) is 4.29. The summed E-state index contributed by atoms with van der Waals surface area (Å²) in [4.78, 5) is 25.0. The van der Waals surface area contributed by atoms with E-state index in [0.29, 0.717) is 18.8 Å². The first-order valence-corrected chi connectivity index (χ1v) is 7.21. The first-order chi connectivity index (χ1) is 10.1. The average molecular weight is 294 g/mol. The molecule has 1 amide bonds. The monoisotopic (exact) mass is 294 g/mol. The van der Waals surface area contributed by atoms with E-state index in [1.165, 1.54) is 0 Å². The van der Waals surface area contributed by atoms with Gasteiger partial charge in [-0.3, -0.25) is 20.0 Å². The third kappa shape index (κ3) is 2.39. The van der Waals surface area contributed by atoms with Crippen LogP contribution in [0.25, 0.3) is 0 Å². The topological polar surface area (TPSA) is 101 Å². The summed E-state index contributed by atoms with van der Waals surface area (Å²) in [7, 11) is 0. The first kappa shape index (κ1) is 14.0. The molecule has 2 aliphatic rings. The zero-order chi connectivity index (χ0) is 15.0. The van der Waals surface area contributed by atoms with Crippen LogP contribution < -0.4 is 0 Å². The van der Waals surface area contributed by atoms with E-state index in [-0.39, 0.29) is 29.4 Å². The average Bonchev–Trinajstić information content (AvgIpc) is 2.88. The van der Waals surface area contributed by atoms with Crippen molar-refractivity contribution >= 4 is 11.6 Å². The second kappa shape index (κ2) is 5.44. The zero-order valence-corrected chi connectivity index (χ0v) is 11.9. The predicted molar refractivity (Wildman–Crippen MR) is 73.0 cm³/mol. The maximum atomic E-state index is 12.7. The Hall–Kier alpha value is -1.96. The van der Waals surface area contributed by atoms with Crippen LogP contribution in [0, 0.1) is 17.0 Å². The molecule has 21 heavy (non-hydrogen) atoms. The number of ether oxygens (including phenoxy) is 1. The van der Waals surface area contributed by atoms with Crippen molar-refractivity contribution in [3.63, 3.8) is 0 Å². The van der Waals surface area contributed by atoms with Gasteiger partial charge in [-0.25, -0.2) is 0 Å². The lowest BCUT2D eigenvalue weighted by molar-refractivity contribution is -0.385. The van der Waals surface area contributed by atoms with Crippen LogP contribution in [0.15, 0.2) is 0 Å². The van der Waals surface area contributed by atoms with Gasteiger partial charge in [-0.15, -0.1) is 0 Å². The molecule has 1 saturated heterocycles. The Kier molecular flexibility index (Phi) is 3.62.